The van der Waals surface area contributed by atoms with E-state index in [1.165, 1.54) is 0 Å². The molecule has 2 saturated heterocycles. The topological polar surface area (TPSA) is 71.1 Å². The highest BCUT2D eigenvalue weighted by Crippen LogP contribution is 2.14. The Kier molecular flexibility index (Phi) is 7.11. The van der Waals surface area contributed by atoms with Gasteiger partial charge >= 0.3 is 6.03 Å². The first-order valence-corrected chi connectivity index (χ1v) is 8.66. The smallest absolute Gasteiger partial charge is 0.317 e. The van der Waals surface area contributed by atoms with Crippen molar-refractivity contribution in [1.29, 1.82) is 0 Å². The molecule has 23 heavy (non-hydrogen) atoms. The molecule has 3 amide bonds. The summed E-state index contributed by atoms with van der Waals surface area (Å²) in [7, 11) is 0. The predicted octanol–water partition coefficient (Wildman–Crippen LogP) is 0.834. The van der Waals surface area contributed by atoms with Gasteiger partial charge < -0.3 is 24.6 Å². The fraction of sp³-hybridized carbons (Fsp3) is 0.875. The molecule has 2 unspecified atom stereocenters. The normalized spacial score (nSPS) is 23.5. The summed E-state index contributed by atoms with van der Waals surface area (Å²) >= 11 is 0. The molecule has 0 bridgehead atoms. The van der Waals surface area contributed by atoms with Gasteiger partial charge in [0.15, 0.2) is 0 Å². The van der Waals surface area contributed by atoms with E-state index < -0.39 is 6.10 Å². The maximum atomic E-state index is 12.4. The van der Waals surface area contributed by atoms with Crippen LogP contribution in [0.15, 0.2) is 0 Å². The van der Waals surface area contributed by atoms with Gasteiger partial charge in [-0.1, -0.05) is 0 Å². The fourth-order valence-electron chi connectivity index (χ4n) is 2.91. The molecule has 0 spiro atoms. The molecule has 0 aromatic carbocycles. The van der Waals surface area contributed by atoms with Crippen molar-refractivity contribution in [3.8, 4) is 0 Å². The molecular formula is C16H29N3O4. The Balaban J connectivity index is 1.69. The first-order chi connectivity index (χ1) is 11.1. The zero-order valence-corrected chi connectivity index (χ0v) is 14.3. The third kappa shape index (κ3) is 5.35. The minimum absolute atomic E-state index is 0.00337. The molecule has 2 fully saturated rings. The number of ether oxygens (including phenoxy) is 2. The molecule has 2 aliphatic heterocycles. The monoisotopic (exact) mass is 327 g/mol. The van der Waals surface area contributed by atoms with Crippen LogP contribution in [-0.2, 0) is 14.3 Å². The highest BCUT2D eigenvalue weighted by molar-refractivity contribution is 5.81. The number of hydrogen-bond acceptors (Lipinski definition) is 4. The molecule has 0 aromatic heterocycles. The molecule has 7 nitrogen and oxygen atoms in total. The van der Waals surface area contributed by atoms with Crippen molar-refractivity contribution in [2.45, 2.75) is 45.3 Å². The van der Waals surface area contributed by atoms with Crippen LogP contribution in [0.25, 0.3) is 0 Å². The molecule has 7 heteroatoms. The second-order valence-electron chi connectivity index (χ2n) is 6.11. The summed E-state index contributed by atoms with van der Waals surface area (Å²) in [5.41, 5.74) is 0. The Morgan fingerprint density at radius 2 is 1.91 bits per heavy atom. The SMILES string of the molecule is CCNC(=O)N1CCN(C(=O)C(C)OCC2CCCCO2)CC1. The molecule has 2 heterocycles. The van der Waals surface area contributed by atoms with E-state index >= 15 is 0 Å². The molecule has 0 saturated carbocycles. The van der Waals surface area contributed by atoms with Crippen molar-refractivity contribution in [3.05, 3.63) is 0 Å². The van der Waals surface area contributed by atoms with Crippen LogP contribution in [0.5, 0.6) is 0 Å². The molecule has 0 aromatic rings. The van der Waals surface area contributed by atoms with E-state index in [1.54, 1.807) is 16.7 Å². The first kappa shape index (κ1) is 18.0. The second kappa shape index (κ2) is 9.08. The van der Waals surface area contributed by atoms with Gasteiger partial charge in [-0.25, -0.2) is 4.79 Å². The third-order valence-corrected chi connectivity index (χ3v) is 4.36. The summed E-state index contributed by atoms with van der Waals surface area (Å²) in [6, 6.07) is -0.0571. The van der Waals surface area contributed by atoms with Gasteiger partial charge in [0.25, 0.3) is 5.91 Å². The molecule has 0 radical (unpaired) electrons. The van der Waals surface area contributed by atoms with Gasteiger partial charge in [-0.3, -0.25) is 4.79 Å². The number of hydrogen-bond donors (Lipinski definition) is 1. The Morgan fingerprint density at radius 3 is 2.52 bits per heavy atom. The summed E-state index contributed by atoms with van der Waals surface area (Å²) in [5.74, 6) is -0.00337. The molecule has 0 aliphatic carbocycles. The van der Waals surface area contributed by atoms with Gasteiger partial charge in [0, 0.05) is 39.3 Å². The Labute approximate surface area is 138 Å². The molecule has 2 atom stereocenters. The molecule has 1 N–H and O–H groups in total. The Hall–Kier alpha value is -1.34. The molecule has 2 aliphatic rings. The van der Waals surface area contributed by atoms with Gasteiger partial charge in [0.05, 0.1) is 12.7 Å². The predicted molar refractivity (Wildman–Crippen MR) is 86.2 cm³/mol. The average molecular weight is 327 g/mol. The lowest BCUT2D eigenvalue weighted by Gasteiger charge is -2.36. The lowest BCUT2D eigenvalue weighted by atomic mass is 10.1. The Bertz CT molecular complexity index is 391. The number of amides is 3. The van der Waals surface area contributed by atoms with E-state index in [2.05, 4.69) is 5.32 Å². The maximum Gasteiger partial charge on any atom is 0.317 e. The van der Waals surface area contributed by atoms with Gasteiger partial charge in [0.1, 0.15) is 6.10 Å². The number of carbonyl (C=O) groups excluding carboxylic acids is 2. The van der Waals surface area contributed by atoms with Crippen molar-refractivity contribution in [1.82, 2.24) is 15.1 Å². The summed E-state index contributed by atoms with van der Waals surface area (Å²) in [5, 5.41) is 2.78. The number of rotatable bonds is 5. The van der Waals surface area contributed by atoms with Crippen LogP contribution in [0.3, 0.4) is 0 Å². The van der Waals surface area contributed by atoms with Crippen LogP contribution in [-0.4, -0.2) is 79.9 Å². The van der Waals surface area contributed by atoms with E-state index in [1.807, 2.05) is 6.92 Å². The van der Waals surface area contributed by atoms with Crippen molar-refractivity contribution >= 4 is 11.9 Å². The Morgan fingerprint density at radius 1 is 1.22 bits per heavy atom. The van der Waals surface area contributed by atoms with E-state index in [-0.39, 0.29) is 18.0 Å². The van der Waals surface area contributed by atoms with Crippen LogP contribution in [0.4, 0.5) is 4.79 Å². The lowest BCUT2D eigenvalue weighted by Crippen LogP contribution is -2.54. The second-order valence-corrected chi connectivity index (χ2v) is 6.11. The van der Waals surface area contributed by atoms with Crippen molar-refractivity contribution in [3.63, 3.8) is 0 Å². The number of carbonyl (C=O) groups is 2. The van der Waals surface area contributed by atoms with Gasteiger partial charge in [0.2, 0.25) is 0 Å². The van der Waals surface area contributed by atoms with E-state index in [4.69, 9.17) is 9.47 Å². The van der Waals surface area contributed by atoms with Crippen LogP contribution in [0, 0.1) is 0 Å². The number of urea groups is 1. The van der Waals surface area contributed by atoms with Crippen molar-refractivity contribution in [2.75, 3.05) is 45.9 Å². The first-order valence-electron chi connectivity index (χ1n) is 8.66. The van der Waals surface area contributed by atoms with Gasteiger partial charge in [-0.15, -0.1) is 0 Å². The summed E-state index contributed by atoms with van der Waals surface area (Å²) < 4.78 is 11.3. The zero-order chi connectivity index (χ0) is 16.7. The molecule has 132 valence electrons. The minimum Gasteiger partial charge on any atom is -0.376 e. The standard InChI is InChI=1S/C16H29N3O4/c1-3-17-16(21)19-9-7-18(8-10-19)15(20)13(2)23-12-14-6-4-5-11-22-14/h13-14H,3-12H2,1-2H3,(H,17,21). The summed E-state index contributed by atoms with van der Waals surface area (Å²) in [6.45, 7) is 7.82. The molecular weight excluding hydrogens is 298 g/mol. The zero-order valence-electron chi connectivity index (χ0n) is 14.3. The van der Waals surface area contributed by atoms with Crippen LogP contribution < -0.4 is 5.32 Å². The molecule has 2 rings (SSSR count). The maximum absolute atomic E-state index is 12.4. The van der Waals surface area contributed by atoms with Crippen molar-refractivity contribution < 1.29 is 19.1 Å². The van der Waals surface area contributed by atoms with Gasteiger partial charge in [-0.05, 0) is 33.1 Å². The van der Waals surface area contributed by atoms with Gasteiger partial charge in [-0.2, -0.15) is 0 Å². The van der Waals surface area contributed by atoms with Crippen LogP contribution in [0.1, 0.15) is 33.1 Å². The minimum atomic E-state index is -0.462. The number of piperazine rings is 1. The quantitative estimate of drug-likeness (QED) is 0.812. The fourth-order valence-corrected chi connectivity index (χ4v) is 2.91. The van der Waals surface area contributed by atoms with E-state index in [0.717, 1.165) is 25.9 Å². The van der Waals surface area contributed by atoms with Crippen LogP contribution >= 0.6 is 0 Å². The highest BCUT2D eigenvalue weighted by Gasteiger charge is 2.27. The van der Waals surface area contributed by atoms with E-state index in [0.29, 0.717) is 39.3 Å². The highest BCUT2D eigenvalue weighted by atomic mass is 16.5. The van der Waals surface area contributed by atoms with E-state index in [9.17, 15) is 9.59 Å². The van der Waals surface area contributed by atoms with Crippen LogP contribution in [0.2, 0.25) is 0 Å². The lowest BCUT2D eigenvalue weighted by molar-refractivity contribution is -0.147. The number of nitrogens with zero attached hydrogens (tertiary/aromatic N) is 2. The summed E-state index contributed by atoms with van der Waals surface area (Å²) in [6.07, 6.45) is 2.94. The average Bonchev–Trinajstić information content (AvgIpc) is 2.60. The third-order valence-electron chi connectivity index (χ3n) is 4.36. The number of nitrogens with one attached hydrogen (secondary N) is 1. The van der Waals surface area contributed by atoms with Crippen molar-refractivity contribution in [2.24, 2.45) is 0 Å². The summed E-state index contributed by atoms with van der Waals surface area (Å²) in [4.78, 5) is 27.7. The largest absolute Gasteiger partial charge is 0.376 e.